The van der Waals surface area contributed by atoms with Crippen molar-refractivity contribution in [3.05, 3.63) is 36.0 Å². The van der Waals surface area contributed by atoms with Gasteiger partial charge in [-0.25, -0.2) is 0 Å². The van der Waals surface area contributed by atoms with E-state index in [1.165, 1.54) is 43.3 Å². The normalized spacial score (nSPS) is 12.7. The fourth-order valence-corrected chi connectivity index (χ4v) is 1.65. The molecule has 0 N–H and O–H groups in total. The molecular formula is C16H28. The first kappa shape index (κ1) is 15.2. The number of rotatable bonds is 8. The Morgan fingerprint density at radius 3 is 2.25 bits per heavy atom. The number of hydrogen-bond acceptors (Lipinski definition) is 0. The van der Waals surface area contributed by atoms with Crippen molar-refractivity contribution in [2.75, 3.05) is 0 Å². The summed E-state index contributed by atoms with van der Waals surface area (Å²) < 4.78 is 0. The highest BCUT2D eigenvalue weighted by Gasteiger charge is 2.01. The first-order valence-electron chi connectivity index (χ1n) is 6.69. The van der Waals surface area contributed by atoms with Crippen molar-refractivity contribution >= 4 is 0 Å². The van der Waals surface area contributed by atoms with E-state index in [9.17, 15) is 0 Å². The van der Waals surface area contributed by atoms with Crippen LogP contribution < -0.4 is 0 Å². The molecule has 0 fully saturated rings. The highest BCUT2D eigenvalue weighted by atomic mass is 14.1. The van der Waals surface area contributed by atoms with Crippen LogP contribution >= 0.6 is 0 Å². The first-order chi connectivity index (χ1) is 7.65. The van der Waals surface area contributed by atoms with Gasteiger partial charge in [0.25, 0.3) is 0 Å². The van der Waals surface area contributed by atoms with Gasteiger partial charge in [0.2, 0.25) is 0 Å². The summed E-state index contributed by atoms with van der Waals surface area (Å²) in [5.41, 5.74) is 2.50. The van der Waals surface area contributed by atoms with E-state index in [4.69, 9.17) is 0 Å². The van der Waals surface area contributed by atoms with Gasteiger partial charge in [-0.05, 0) is 37.7 Å². The summed E-state index contributed by atoms with van der Waals surface area (Å²) in [5, 5.41) is 0. The Kier molecular flexibility index (Phi) is 8.99. The van der Waals surface area contributed by atoms with E-state index >= 15 is 0 Å². The minimum Gasteiger partial charge on any atom is -0.0955 e. The summed E-state index contributed by atoms with van der Waals surface area (Å²) in [6.45, 7) is 12.9. The van der Waals surface area contributed by atoms with Gasteiger partial charge >= 0.3 is 0 Å². The molecule has 0 bridgehead atoms. The van der Waals surface area contributed by atoms with Crippen molar-refractivity contribution in [3.8, 4) is 0 Å². The van der Waals surface area contributed by atoms with Crippen LogP contribution in [0.25, 0.3) is 0 Å². The van der Waals surface area contributed by atoms with Gasteiger partial charge in [-0.1, -0.05) is 64.0 Å². The van der Waals surface area contributed by atoms with Crippen molar-refractivity contribution in [2.24, 2.45) is 5.92 Å². The van der Waals surface area contributed by atoms with Crippen LogP contribution in [0.2, 0.25) is 0 Å². The minimum absolute atomic E-state index is 0.697. The average molecular weight is 220 g/mol. The second-order valence-corrected chi connectivity index (χ2v) is 4.52. The fraction of sp³-hybridized carbons (Fsp3) is 0.625. The van der Waals surface area contributed by atoms with Crippen molar-refractivity contribution in [1.29, 1.82) is 0 Å². The average Bonchev–Trinajstić information content (AvgIpc) is 2.28. The van der Waals surface area contributed by atoms with Gasteiger partial charge in [0.1, 0.15) is 0 Å². The zero-order valence-electron chi connectivity index (χ0n) is 11.6. The van der Waals surface area contributed by atoms with Crippen LogP contribution in [0, 0.1) is 5.92 Å². The first-order valence-corrected chi connectivity index (χ1v) is 6.69. The highest BCUT2D eigenvalue weighted by molar-refractivity contribution is 5.36. The Balaban J connectivity index is 4.48. The van der Waals surface area contributed by atoms with E-state index < -0.39 is 0 Å². The summed E-state index contributed by atoms with van der Waals surface area (Å²) in [7, 11) is 0. The monoisotopic (exact) mass is 220 g/mol. The molecule has 0 rings (SSSR count). The van der Waals surface area contributed by atoms with Gasteiger partial charge in [0.05, 0.1) is 0 Å². The molecule has 0 aliphatic carbocycles. The molecule has 0 aromatic heterocycles. The maximum atomic E-state index is 4.06. The van der Waals surface area contributed by atoms with Crippen LogP contribution in [0.4, 0.5) is 0 Å². The van der Waals surface area contributed by atoms with Gasteiger partial charge in [0.15, 0.2) is 0 Å². The van der Waals surface area contributed by atoms with Crippen LogP contribution in [-0.4, -0.2) is 0 Å². The zero-order valence-corrected chi connectivity index (χ0v) is 11.6. The lowest BCUT2D eigenvalue weighted by atomic mass is 9.97. The van der Waals surface area contributed by atoms with Gasteiger partial charge in [-0.2, -0.15) is 0 Å². The zero-order chi connectivity index (χ0) is 12.4. The predicted octanol–water partition coefficient (Wildman–Crippen LogP) is 5.67. The second-order valence-electron chi connectivity index (χ2n) is 4.52. The van der Waals surface area contributed by atoms with Crippen LogP contribution in [0.1, 0.15) is 59.8 Å². The molecule has 0 atom stereocenters. The van der Waals surface area contributed by atoms with E-state index in [-0.39, 0.29) is 0 Å². The third-order valence-electron chi connectivity index (χ3n) is 2.98. The highest BCUT2D eigenvalue weighted by Crippen LogP contribution is 2.17. The minimum atomic E-state index is 0.697. The lowest BCUT2D eigenvalue weighted by molar-refractivity contribution is 0.604. The summed E-state index contributed by atoms with van der Waals surface area (Å²) >= 11 is 0. The summed E-state index contributed by atoms with van der Waals surface area (Å²) in [5.74, 6) is 0.697. The maximum Gasteiger partial charge on any atom is -0.0230 e. The van der Waals surface area contributed by atoms with Crippen molar-refractivity contribution in [2.45, 2.75) is 59.8 Å². The van der Waals surface area contributed by atoms with E-state index in [1.807, 2.05) is 0 Å². The smallest absolute Gasteiger partial charge is 0.0230 e. The molecule has 0 unspecified atom stereocenters. The van der Waals surface area contributed by atoms with Gasteiger partial charge in [-0.3, -0.25) is 0 Å². The summed E-state index contributed by atoms with van der Waals surface area (Å²) in [4.78, 5) is 0. The largest absolute Gasteiger partial charge is 0.0955 e. The molecule has 0 radical (unpaired) electrons. The number of hydrogen-bond donors (Lipinski definition) is 0. The van der Waals surface area contributed by atoms with E-state index in [2.05, 4.69) is 52.5 Å². The Bertz CT molecular complexity index is 239. The van der Waals surface area contributed by atoms with E-state index in [0.29, 0.717) is 5.92 Å². The lowest BCUT2D eigenvalue weighted by Crippen LogP contribution is -1.94. The quantitative estimate of drug-likeness (QED) is 0.365. The van der Waals surface area contributed by atoms with Gasteiger partial charge < -0.3 is 0 Å². The molecule has 0 saturated carbocycles. The van der Waals surface area contributed by atoms with Crippen molar-refractivity contribution < 1.29 is 0 Å². The molecule has 92 valence electrons. The van der Waals surface area contributed by atoms with E-state index in [1.54, 1.807) is 0 Å². The summed E-state index contributed by atoms with van der Waals surface area (Å²) in [6, 6.07) is 0. The molecule has 0 heterocycles. The third-order valence-corrected chi connectivity index (χ3v) is 2.98. The molecule has 0 aromatic rings. The SMILES string of the molecule is C=C(C)C(C=CCCCC)=CC(CC)CC. The standard InChI is InChI=1S/C16H28/c1-6-9-10-11-12-16(14(4)5)13-15(7-2)8-3/h11-13,15H,4,6-10H2,1-3,5H3. The molecule has 0 amide bonds. The van der Waals surface area contributed by atoms with Gasteiger partial charge in [-0.15, -0.1) is 0 Å². The summed E-state index contributed by atoms with van der Waals surface area (Å²) in [6.07, 6.45) is 13.1. The van der Waals surface area contributed by atoms with Gasteiger partial charge in [0, 0.05) is 0 Å². The Labute approximate surface area is 102 Å². The van der Waals surface area contributed by atoms with Crippen LogP contribution in [0.5, 0.6) is 0 Å². The maximum absolute atomic E-state index is 4.06. The lowest BCUT2D eigenvalue weighted by Gasteiger charge is -2.09. The van der Waals surface area contributed by atoms with Crippen LogP contribution in [0.15, 0.2) is 36.0 Å². The Hall–Kier alpha value is -0.780. The molecule has 0 nitrogen and oxygen atoms in total. The molecule has 0 aliphatic rings. The third kappa shape index (κ3) is 6.66. The molecule has 0 aliphatic heterocycles. The van der Waals surface area contributed by atoms with Crippen molar-refractivity contribution in [3.63, 3.8) is 0 Å². The second kappa shape index (κ2) is 9.45. The predicted molar refractivity (Wildman–Crippen MR) is 75.6 cm³/mol. The Morgan fingerprint density at radius 2 is 1.81 bits per heavy atom. The molecule has 0 aromatic carbocycles. The molecule has 0 saturated heterocycles. The van der Waals surface area contributed by atoms with Crippen LogP contribution in [0.3, 0.4) is 0 Å². The number of unbranched alkanes of at least 4 members (excludes halogenated alkanes) is 2. The van der Waals surface area contributed by atoms with Crippen molar-refractivity contribution in [1.82, 2.24) is 0 Å². The molecule has 0 heteroatoms. The van der Waals surface area contributed by atoms with Crippen LogP contribution in [-0.2, 0) is 0 Å². The molecule has 16 heavy (non-hydrogen) atoms. The molecule has 0 spiro atoms. The number of allylic oxidation sites excluding steroid dienone is 5. The Morgan fingerprint density at radius 1 is 1.19 bits per heavy atom. The fourth-order valence-electron chi connectivity index (χ4n) is 1.65. The molecular weight excluding hydrogens is 192 g/mol. The topological polar surface area (TPSA) is 0 Å². The van der Waals surface area contributed by atoms with E-state index in [0.717, 1.165) is 0 Å².